The highest BCUT2D eigenvalue weighted by atomic mass is 16.6. The standard InChI is InChI=1S/C16H20O5/c1-5-11(2)16(18)21-15-13(19-3)9-12(7-6-8-17)10-14(15)20-4/h6-11H,5H2,1-4H3/b7-6+/t11-/m0/s1. The summed E-state index contributed by atoms with van der Waals surface area (Å²) in [6.45, 7) is 3.70. The third-order valence-electron chi connectivity index (χ3n) is 3.07. The van der Waals surface area contributed by atoms with Gasteiger partial charge in [-0.1, -0.05) is 19.9 Å². The Morgan fingerprint density at radius 2 is 1.81 bits per heavy atom. The monoisotopic (exact) mass is 292 g/mol. The number of esters is 1. The molecule has 0 spiro atoms. The predicted molar refractivity (Wildman–Crippen MR) is 79.7 cm³/mol. The van der Waals surface area contributed by atoms with Gasteiger partial charge in [-0.15, -0.1) is 0 Å². The second kappa shape index (κ2) is 8.09. The lowest BCUT2D eigenvalue weighted by atomic mass is 10.1. The fraction of sp³-hybridized carbons (Fsp3) is 0.375. The van der Waals surface area contributed by atoms with E-state index in [0.29, 0.717) is 29.8 Å². The third kappa shape index (κ3) is 4.34. The lowest BCUT2D eigenvalue weighted by Crippen LogP contribution is -2.17. The van der Waals surface area contributed by atoms with Gasteiger partial charge in [0.25, 0.3) is 0 Å². The topological polar surface area (TPSA) is 61.8 Å². The summed E-state index contributed by atoms with van der Waals surface area (Å²) in [5, 5.41) is 0. The van der Waals surface area contributed by atoms with E-state index in [1.165, 1.54) is 20.3 Å². The van der Waals surface area contributed by atoms with Crippen molar-refractivity contribution in [1.29, 1.82) is 0 Å². The fourth-order valence-corrected chi connectivity index (χ4v) is 1.62. The van der Waals surface area contributed by atoms with Gasteiger partial charge in [0.1, 0.15) is 6.29 Å². The van der Waals surface area contributed by atoms with Crippen molar-refractivity contribution in [2.24, 2.45) is 5.92 Å². The van der Waals surface area contributed by atoms with Crippen molar-refractivity contribution < 1.29 is 23.8 Å². The Morgan fingerprint density at radius 1 is 1.24 bits per heavy atom. The molecule has 0 aliphatic heterocycles. The van der Waals surface area contributed by atoms with Gasteiger partial charge in [-0.2, -0.15) is 0 Å². The number of rotatable bonds is 7. The zero-order chi connectivity index (χ0) is 15.8. The summed E-state index contributed by atoms with van der Waals surface area (Å²) in [6.07, 6.45) is 4.33. The molecular weight excluding hydrogens is 272 g/mol. The summed E-state index contributed by atoms with van der Waals surface area (Å²) in [5.74, 6) is 0.431. The molecule has 114 valence electrons. The molecule has 0 N–H and O–H groups in total. The van der Waals surface area contributed by atoms with Crippen molar-refractivity contribution >= 4 is 18.3 Å². The molecule has 0 fully saturated rings. The molecule has 0 heterocycles. The number of methoxy groups -OCH3 is 2. The molecular formula is C16H20O5. The van der Waals surface area contributed by atoms with Crippen LogP contribution >= 0.6 is 0 Å². The molecule has 1 atom stereocenters. The second-order valence-electron chi connectivity index (χ2n) is 4.48. The minimum Gasteiger partial charge on any atom is -0.493 e. The van der Waals surface area contributed by atoms with Gasteiger partial charge in [-0.3, -0.25) is 9.59 Å². The van der Waals surface area contributed by atoms with E-state index in [-0.39, 0.29) is 17.6 Å². The minimum atomic E-state index is -0.342. The second-order valence-corrected chi connectivity index (χ2v) is 4.48. The van der Waals surface area contributed by atoms with Crippen molar-refractivity contribution in [2.75, 3.05) is 14.2 Å². The summed E-state index contributed by atoms with van der Waals surface area (Å²) in [5.41, 5.74) is 0.708. The first-order valence-corrected chi connectivity index (χ1v) is 6.66. The number of benzene rings is 1. The van der Waals surface area contributed by atoms with E-state index < -0.39 is 0 Å². The molecule has 0 aromatic heterocycles. The van der Waals surface area contributed by atoms with Gasteiger partial charge in [0.15, 0.2) is 11.5 Å². The van der Waals surface area contributed by atoms with Crippen molar-refractivity contribution in [3.05, 3.63) is 23.8 Å². The molecule has 0 amide bonds. The zero-order valence-corrected chi connectivity index (χ0v) is 12.7. The molecule has 0 aliphatic carbocycles. The maximum atomic E-state index is 11.9. The van der Waals surface area contributed by atoms with Crippen LogP contribution in [0, 0.1) is 5.92 Å². The van der Waals surface area contributed by atoms with E-state index in [4.69, 9.17) is 14.2 Å². The number of ether oxygens (including phenoxy) is 3. The molecule has 0 aliphatic rings. The number of carbonyl (C=O) groups is 2. The Morgan fingerprint density at radius 3 is 2.24 bits per heavy atom. The average molecular weight is 292 g/mol. The number of aldehydes is 1. The number of hydrogen-bond acceptors (Lipinski definition) is 5. The molecule has 1 aromatic carbocycles. The van der Waals surface area contributed by atoms with Crippen molar-refractivity contribution in [3.8, 4) is 17.2 Å². The minimum absolute atomic E-state index is 0.214. The Kier molecular flexibility index (Phi) is 6.46. The van der Waals surface area contributed by atoms with Gasteiger partial charge in [0.2, 0.25) is 5.75 Å². The smallest absolute Gasteiger partial charge is 0.314 e. The van der Waals surface area contributed by atoms with Crippen LogP contribution in [-0.4, -0.2) is 26.5 Å². The van der Waals surface area contributed by atoms with Crippen LogP contribution in [0.5, 0.6) is 17.2 Å². The predicted octanol–water partition coefficient (Wildman–Crippen LogP) is 2.87. The Bertz CT molecular complexity index is 508. The van der Waals surface area contributed by atoms with Gasteiger partial charge in [-0.05, 0) is 30.2 Å². The number of allylic oxidation sites excluding steroid dienone is 1. The normalized spacial score (nSPS) is 12.0. The fourth-order valence-electron chi connectivity index (χ4n) is 1.62. The molecule has 5 nitrogen and oxygen atoms in total. The highest BCUT2D eigenvalue weighted by Gasteiger charge is 2.20. The first-order chi connectivity index (χ1) is 10.1. The van der Waals surface area contributed by atoms with Crippen LogP contribution in [0.1, 0.15) is 25.8 Å². The molecule has 0 unspecified atom stereocenters. The summed E-state index contributed by atoms with van der Waals surface area (Å²) in [4.78, 5) is 22.3. The van der Waals surface area contributed by atoms with E-state index in [2.05, 4.69) is 0 Å². The van der Waals surface area contributed by atoms with E-state index in [1.54, 1.807) is 25.1 Å². The van der Waals surface area contributed by atoms with Gasteiger partial charge in [-0.25, -0.2) is 0 Å². The van der Waals surface area contributed by atoms with Crippen molar-refractivity contribution in [2.45, 2.75) is 20.3 Å². The Labute approximate surface area is 124 Å². The van der Waals surface area contributed by atoms with Crippen LogP contribution in [0.3, 0.4) is 0 Å². The molecule has 0 bridgehead atoms. The number of hydrogen-bond donors (Lipinski definition) is 0. The zero-order valence-electron chi connectivity index (χ0n) is 12.7. The quantitative estimate of drug-likeness (QED) is 0.335. The van der Waals surface area contributed by atoms with Gasteiger partial charge in [0.05, 0.1) is 20.1 Å². The van der Waals surface area contributed by atoms with Crippen LogP contribution in [0.15, 0.2) is 18.2 Å². The van der Waals surface area contributed by atoms with Gasteiger partial charge < -0.3 is 14.2 Å². The van der Waals surface area contributed by atoms with E-state index in [9.17, 15) is 9.59 Å². The Balaban J connectivity index is 3.20. The molecule has 21 heavy (non-hydrogen) atoms. The van der Waals surface area contributed by atoms with Crippen LogP contribution in [0.4, 0.5) is 0 Å². The first kappa shape index (κ1) is 16.8. The van der Waals surface area contributed by atoms with E-state index in [1.807, 2.05) is 6.92 Å². The lowest BCUT2D eigenvalue weighted by molar-refractivity contribution is -0.138. The maximum Gasteiger partial charge on any atom is 0.314 e. The Hall–Kier alpha value is -2.30. The highest BCUT2D eigenvalue weighted by molar-refractivity contribution is 5.78. The lowest BCUT2D eigenvalue weighted by Gasteiger charge is -2.15. The van der Waals surface area contributed by atoms with Crippen LogP contribution in [-0.2, 0) is 9.59 Å². The molecule has 1 aromatic rings. The summed E-state index contributed by atoms with van der Waals surface area (Å²) in [6, 6.07) is 3.34. The SMILES string of the molecule is CC[C@H](C)C(=O)Oc1c(OC)cc(/C=C/C=O)cc1OC. The van der Waals surface area contributed by atoms with E-state index >= 15 is 0 Å². The molecule has 0 saturated carbocycles. The van der Waals surface area contributed by atoms with Crippen molar-refractivity contribution in [1.82, 2.24) is 0 Å². The van der Waals surface area contributed by atoms with Crippen molar-refractivity contribution in [3.63, 3.8) is 0 Å². The molecule has 0 radical (unpaired) electrons. The van der Waals surface area contributed by atoms with Gasteiger partial charge in [0, 0.05) is 0 Å². The highest BCUT2D eigenvalue weighted by Crippen LogP contribution is 2.39. The molecule has 5 heteroatoms. The van der Waals surface area contributed by atoms with Crippen LogP contribution in [0.2, 0.25) is 0 Å². The summed E-state index contributed by atoms with van der Waals surface area (Å²) < 4.78 is 15.9. The van der Waals surface area contributed by atoms with Gasteiger partial charge >= 0.3 is 5.97 Å². The van der Waals surface area contributed by atoms with Crippen LogP contribution < -0.4 is 14.2 Å². The third-order valence-corrected chi connectivity index (χ3v) is 3.07. The maximum absolute atomic E-state index is 11.9. The first-order valence-electron chi connectivity index (χ1n) is 6.66. The summed E-state index contributed by atoms with van der Waals surface area (Å²) in [7, 11) is 2.95. The molecule has 1 rings (SSSR count). The largest absolute Gasteiger partial charge is 0.493 e. The summed E-state index contributed by atoms with van der Waals surface area (Å²) >= 11 is 0. The molecule has 0 saturated heterocycles. The number of carbonyl (C=O) groups excluding carboxylic acids is 2. The van der Waals surface area contributed by atoms with Crippen LogP contribution in [0.25, 0.3) is 6.08 Å². The average Bonchev–Trinajstić information content (AvgIpc) is 2.52. The van der Waals surface area contributed by atoms with E-state index in [0.717, 1.165) is 0 Å².